The van der Waals surface area contributed by atoms with Gasteiger partial charge in [0.05, 0.1) is 18.9 Å². The summed E-state index contributed by atoms with van der Waals surface area (Å²) < 4.78 is 10.5. The first-order valence-electron chi connectivity index (χ1n) is 5.99. The second-order valence-electron chi connectivity index (χ2n) is 4.55. The normalized spacial score (nSPS) is 23.2. The first kappa shape index (κ1) is 12.3. The molecule has 4 nitrogen and oxygen atoms in total. The minimum absolute atomic E-state index is 0.438. The molecule has 94 valence electrons. The number of aryl methyl sites for hydroxylation is 1. The van der Waals surface area contributed by atoms with Crippen molar-refractivity contribution < 1.29 is 9.47 Å². The summed E-state index contributed by atoms with van der Waals surface area (Å²) in [6, 6.07) is 4.48. The van der Waals surface area contributed by atoms with Gasteiger partial charge in [-0.2, -0.15) is 0 Å². The van der Waals surface area contributed by atoms with Gasteiger partial charge < -0.3 is 14.8 Å². The molecule has 0 spiro atoms. The Hall–Kier alpha value is -1.13. The molecule has 1 fully saturated rings. The third kappa shape index (κ3) is 3.17. The van der Waals surface area contributed by atoms with E-state index in [4.69, 9.17) is 9.47 Å². The quantitative estimate of drug-likeness (QED) is 0.844. The van der Waals surface area contributed by atoms with Gasteiger partial charge in [-0.15, -0.1) is 0 Å². The van der Waals surface area contributed by atoms with E-state index >= 15 is 0 Å². The van der Waals surface area contributed by atoms with Gasteiger partial charge in [0.25, 0.3) is 0 Å². The number of methoxy groups -OCH3 is 2. The smallest absolute Gasteiger partial charge is 0.122 e. The van der Waals surface area contributed by atoms with E-state index in [1.165, 1.54) is 0 Å². The lowest BCUT2D eigenvalue weighted by atomic mass is 9.89. The van der Waals surface area contributed by atoms with Crippen LogP contribution >= 0.6 is 0 Å². The average Bonchev–Trinajstić information content (AvgIpc) is 2.26. The predicted octanol–water partition coefficient (Wildman–Crippen LogP) is 1.67. The summed E-state index contributed by atoms with van der Waals surface area (Å²) in [4.78, 5) is 4.48. The molecule has 0 unspecified atom stereocenters. The van der Waals surface area contributed by atoms with Crippen LogP contribution in [0.25, 0.3) is 0 Å². The fourth-order valence-corrected chi connectivity index (χ4v) is 2.08. The highest BCUT2D eigenvalue weighted by molar-refractivity contribution is 5.26. The molecule has 0 aliphatic heterocycles. The van der Waals surface area contributed by atoms with Gasteiger partial charge in [-0.1, -0.05) is 0 Å². The Morgan fingerprint density at radius 2 is 2.12 bits per heavy atom. The summed E-state index contributed by atoms with van der Waals surface area (Å²) in [6.45, 7) is 2.77. The fraction of sp³-hybridized carbons (Fsp3) is 0.615. The number of rotatable bonds is 5. The van der Waals surface area contributed by atoms with Crippen molar-refractivity contribution in [1.82, 2.24) is 10.3 Å². The van der Waals surface area contributed by atoms with Crippen LogP contribution in [0.2, 0.25) is 0 Å². The zero-order chi connectivity index (χ0) is 12.3. The summed E-state index contributed by atoms with van der Waals surface area (Å²) in [5, 5.41) is 3.48. The molecule has 2 rings (SSSR count). The van der Waals surface area contributed by atoms with Crippen molar-refractivity contribution in [2.24, 2.45) is 0 Å². The molecule has 0 atom stereocenters. The lowest BCUT2D eigenvalue weighted by Crippen LogP contribution is -2.44. The van der Waals surface area contributed by atoms with Gasteiger partial charge in [-0.25, -0.2) is 0 Å². The molecular weight excluding hydrogens is 216 g/mol. The highest BCUT2D eigenvalue weighted by atomic mass is 16.5. The Kier molecular flexibility index (Phi) is 3.97. The van der Waals surface area contributed by atoms with Crippen LogP contribution in [-0.4, -0.2) is 31.3 Å². The summed E-state index contributed by atoms with van der Waals surface area (Å²) in [7, 11) is 3.45. The fourth-order valence-electron chi connectivity index (χ4n) is 2.08. The lowest BCUT2D eigenvalue weighted by Gasteiger charge is -2.34. The third-order valence-electron chi connectivity index (χ3n) is 3.22. The average molecular weight is 236 g/mol. The number of ether oxygens (including phenoxy) is 2. The molecule has 17 heavy (non-hydrogen) atoms. The number of nitrogens with zero attached hydrogens (tertiary/aromatic N) is 1. The lowest BCUT2D eigenvalue weighted by molar-refractivity contribution is 0.0169. The molecule has 1 N–H and O–H groups in total. The second kappa shape index (κ2) is 5.47. The molecule has 0 saturated heterocycles. The Morgan fingerprint density at radius 3 is 2.76 bits per heavy atom. The molecule has 0 amide bonds. The minimum Gasteiger partial charge on any atom is -0.497 e. The standard InChI is InChI=1S/C13H20N2O2/c1-9-4-12(16-2)7-11(15-9)8-14-10-5-13(6-10)17-3/h4,7,10,13-14H,5-6,8H2,1-3H3. The highest BCUT2D eigenvalue weighted by Crippen LogP contribution is 2.23. The number of aromatic nitrogens is 1. The van der Waals surface area contributed by atoms with Gasteiger partial charge in [0, 0.05) is 37.5 Å². The monoisotopic (exact) mass is 236 g/mol. The topological polar surface area (TPSA) is 43.4 Å². The Balaban J connectivity index is 1.85. The van der Waals surface area contributed by atoms with Gasteiger partial charge >= 0.3 is 0 Å². The van der Waals surface area contributed by atoms with E-state index in [-0.39, 0.29) is 0 Å². The maximum Gasteiger partial charge on any atom is 0.122 e. The largest absolute Gasteiger partial charge is 0.497 e. The number of nitrogens with one attached hydrogen (secondary N) is 1. The summed E-state index contributed by atoms with van der Waals surface area (Å²) in [6.07, 6.45) is 2.63. The van der Waals surface area contributed by atoms with Crippen LogP contribution in [0.1, 0.15) is 24.2 Å². The zero-order valence-electron chi connectivity index (χ0n) is 10.7. The molecule has 1 saturated carbocycles. The summed E-state index contributed by atoms with van der Waals surface area (Å²) in [5.41, 5.74) is 2.02. The van der Waals surface area contributed by atoms with E-state index in [1.54, 1.807) is 14.2 Å². The molecule has 1 aromatic rings. The molecule has 4 heteroatoms. The first-order chi connectivity index (χ1) is 8.21. The van der Waals surface area contributed by atoms with Crippen LogP contribution in [0.15, 0.2) is 12.1 Å². The molecule has 1 heterocycles. The van der Waals surface area contributed by atoms with Gasteiger partial charge in [-0.05, 0) is 19.8 Å². The van der Waals surface area contributed by atoms with Crippen LogP contribution in [0, 0.1) is 6.92 Å². The van der Waals surface area contributed by atoms with Crippen LogP contribution in [0.3, 0.4) is 0 Å². The van der Waals surface area contributed by atoms with E-state index in [2.05, 4.69) is 10.3 Å². The van der Waals surface area contributed by atoms with Crippen molar-refractivity contribution >= 4 is 0 Å². The number of hydrogen-bond acceptors (Lipinski definition) is 4. The van der Waals surface area contributed by atoms with Crippen molar-refractivity contribution in [2.45, 2.75) is 38.5 Å². The minimum atomic E-state index is 0.438. The van der Waals surface area contributed by atoms with Crippen molar-refractivity contribution in [2.75, 3.05) is 14.2 Å². The van der Waals surface area contributed by atoms with Gasteiger partial charge in [-0.3, -0.25) is 4.98 Å². The summed E-state index contributed by atoms with van der Waals surface area (Å²) in [5.74, 6) is 0.873. The van der Waals surface area contributed by atoms with Crippen molar-refractivity contribution in [3.8, 4) is 5.75 Å². The van der Waals surface area contributed by atoms with Crippen molar-refractivity contribution in [3.05, 3.63) is 23.5 Å². The van der Waals surface area contributed by atoms with Crippen LogP contribution < -0.4 is 10.1 Å². The van der Waals surface area contributed by atoms with E-state index in [0.717, 1.165) is 36.5 Å². The van der Waals surface area contributed by atoms with Gasteiger partial charge in [0.15, 0.2) is 0 Å². The third-order valence-corrected chi connectivity index (χ3v) is 3.22. The molecule has 1 aliphatic rings. The van der Waals surface area contributed by atoms with Gasteiger partial charge in [0.1, 0.15) is 5.75 Å². The molecule has 0 aromatic carbocycles. The van der Waals surface area contributed by atoms with Gasteiger partial charge in [0.2, 0.25) is 0 Å². The predicted molar refractivity (Wildman–Crippen MR) is 66.2 cm³/mol. The maximum absolute atomic E-state index is 5.25. The van der Waals surface area contributed by atoms with E-state index < -0.39 is 0 Å². The Bertz CT molecular complexity index is 376. The molecular formula is C13H20N2O2. The van der Waals surface area contributed by atoms with E-state index in [1.807, 2.05) is 19.1 Å². The van der Waals surface area contributed by atoms with Crippen molar-refractivity contribution in [1.29, 1.82) is 0 Å². The van der Waals surface area contributed by atoms with Crippen LogP contribution in [-0.2, 0) is 11.3 Å². The second-order valence-corrected chi connectivity index (χ2v) is 4.55. The zero-order valence-corrected chi connectivity index (χ0v) is 10.7. The van der Waals surface area contributed by atoms with E-state index in [0.29, 0.717) is 12.1 Å². The summed E-state index contributed by atoms with van der Waals surface area (Å²) >= 11 is 0. The Labute approximate surface area is 102 Å². The number of pyridine rings is 1. The van der Waals surface area contributed by atoms with Crippen LogP contribution in [0.5, 0.6) is 5.75 Å². The first-order valence-corrected chi connectivity index (χ1v) is 5.99. The number of hydrogen-bond donors (Lipinski definition) is 1. The SMILES string of the molecule is COc1cc(C)nc(CNC2CC(OC)C2)c1. The highest BCUT2D eigenvalue weighted by Gasteiger charge is 2.28. The van der Waals surface area contributed by atoms with Crippen LogP contribution in [0.4, 0.5) is 0 Å². The molecule has 0 bridgehead atoms. The molecule has 1 aromatic heterocycles. The maximum atomic E-state index is 5.25. The molecule has 1 aliphatic carbocycles. The van der Waals surface area contributed by atoms with E-state index in [9.17, 15) is 0 Å². The van der Waals surface area contributed by atoms with Crippen molar-refractivity contribution in [3.63, 3.8) is 0 Å². The molecule has 0 radical (unpaired) electrons. The Morgan fingerprint density at radius 1 is 1.35 bits per heavy atom.